The maximum Gasteiger partial charge on any atom is 0.220 e. The maximum atomic E-state index is 13.3. The summed E-state index contributed by atoms with van der Waals surface area (Å²) in [5, 5.41) is 87.6. The van der Waals surface area contributed by atoms with E-state index in [1.54, 1.807) is 0 Å². The lowest BCUT2D eigenvalue weighted by Crippen LogP contribution is -2.65. The van der Waals surface area contributed by atoms with Gasteiger partial charge >= 0.3 is 0 Å². The minimum atomic E-state index is -1.78. The van der Waals surface area contributed by atoms with Crippen LogP contribution in [0.25, 0.3) is 0 Å². The van der Waals surface area contributed by atoms with Crippen molar-refractivity contribution >= 4 is 5.91 Å². The highest BCUT2D eigenvalue weighted by atomic mass is 16.7. The van der Waals surface area contributed by atoms with Crippen molar-refractivity contribution in [2.75, 3.05) is 19.8 Å². The van der Waals surface area contributed by atoms with Crippen LogP contribution in [0, 0.1) is 0 Å². The molecular weight excluding hydrogens is 1050 g/mol. The zero-order valence-corrected chi connectivity index (χ0v) is 53.5. The molecule has 0 radical (unpaired) electrons. The first-order valence-corrected chi connectivity index (χ1v) is 35.4. The van der Waals surface area contributed by atoms with E-state index in [-0.39, 0.29) is 12.5 Å². The second-order valence-electron chi connectivity index (χ2n) is 25.4. The first kappa shape index (κ1) is 77.8. The van der Waals surface area contributed by atoms with Crippen LogP contribution in [0.5, 0.6) is 0 Å². The molecule has 0 spiro atoms. The summed E-state index contributed by atoms with van der Waals surface area (Å²) < 4.78 is 22.9. The predicted molar refractivity (Wildman–Crippen MR) is 337 cm³/mol. The van der Waals surface area contributed by atoms with E-state index in [4.69, 9.17) is 18.9 Å². The van der Waals surface area contributed by atoms with Crippen LogP contribution < -0.4 is 5.32 Å². The summed E-state index contributed by atoms with van der Waals surface area (Å²) in [5.41, 5.74) is 0. The third kappa shape index (κ3) is 39.4. The molecule has 2 rings (SSSR count). The number of amides is 1. The van der Waals surface area contributed by atoms with Crippen molar-refractivity contribution in [3.63, 3.8) is 0 Å². The number of carbonyl (C=O) groups excluding carboxylic acids is 1. The Morgan fingerprint density at radius 1 is 0.422 bits per heavy atom. The minimum absolute atomic E-state index is 0.203. The Kier molecular flexibility index (Phi) is 51.4. The summed E-state index contributed by atoms with van der Waals surface area (Å²) in [5.74, 6) is -0.203. The van der Waals surface area contributed by atoms with Gasteiger partial charge in [-0.2, -0.15) is 0 Å². The van der Waals surface area contributed by atoms with E-state index >= 15 is 0 Å². The number of nitrogens with one attached hydrogen (secondary N) is 1. The van der Waals surface area contributed by atoms with Gasteiger partial charge in [0, 0.05) is 6.42 Å². The maximum absolute atomic E-state index is 13.3. The standard InChI is InChI=1S/C69H133NO13/c1-3-5-7-9-11-13-15-17-19-21-23-25-26-27-28-29-30-31-33-34-36-38-40-42-44-46-48-50-52-58(73)57(56-80-68-66(79)64(77)67(60(55-72)82-68)83-69-65(78)63(76)62(75)59(54-71)81-69)70-61(74)53-51-49-47-45-43-41-39-37-35-32-24-22-20-18-16-14-12-10-8-6-4-2/h22,24,57-60,62-69,71-73,75-79H,3-21,23,25-56H2,1-2H3,(H,70,74)/b24-22-. The smallest absolute Gasteiger partial charge is 0.220 e. The number of ether oxygens (including phenoxy) is 4. The van der Waals surface area contributed by atoms with Gasteiger partial charge in [0.25, 0.3) is 0 Å². The molecule has 14 heteroatoms. The van der Waals surface area contributed by atoms with Crippen LogP contribution in [-0.4, -0.2) is 140 Å². The molecule has 9 N–H and O–H groups in total. The van der Waals surface area contributed by atoms with Gasteiger partial charge in [-0.3, -0.25) is 4.79 Å². The Bertz CT molecular complexity index is 1440. The molecule has 1 amide bonds. The van der Waals surface area contributed by atoms with E-state index in [2.05, 4.69) is 31.3 Å². The minimum Gasteiger partial charge on any atom is -0.394 e. The highest BCUT2D eigenvalue weighted by molar-refractivity contribution is 5.76. The first-order valence-electron chi connectivity index (χ1n) is 35.4. The molecule has 2 saturated heterocycles. The van der Waals surface area contributed by atoms with E-state index < -0.39 is 86.8 Å². The zero-order chi connectivity index (χ0) is 60.2. The van der Waals surface area contributed by atoms with E-state index in [9.17, 15) is 45.6 Å². The number of hydrogen-bond donors (Lipinski definition) is 9. The van der Waals surface area contributed by atoms with Gasteiger partial charge in [-0.1, -0.05) is 296 Å². The Balaban J connectivity index is 1.66. The molecule has 0 saturated carbocycles. The summed E-state index contributed by atoms with van der Waals surface area (Å²) in [7, 11) is 0. The molecule has 2 fully saturated rings. The molecule has 2 aliphatic heterocycles. The predicted octanol–water partition coefficient (Wildman–Crippen LogP) is 14.2. The van der Waals surface area contributed by atoms with Gasteiger partial charge in [0.05, 0.1) is 32.0 Å². The van der Waals surface area contributed by atoms with Crippen LogP contribution in [0.3, 0.4) is 0 Å². The fourth-order valence-corrected chi connectivity index (χ4v) is 12.1. The number of unbranched alkanes of at least 4 members (excludes halogenated alkanes) is 44. The van der Waals surface area contributed by atoms with Gasteiger partial charge in [0.2, 0.25) is 5.91 Å². The number of rotatable bonds is 59. The van der Waals surface area contributed by atoms with Crippen LogP contribution in [0.2, 0.25) is 0 Å². The fraction of sp³-hybridized carbons (Fsp3) is 0.957. The van der Waals surface area contributed by atoms with Crippen molar-refractivity contribution in [3.05, 3.63) is 12.2 Å². The molecule has 0 aromatic rings. The van der Waals surface area contributed by atoms with Crippen LogP contribution in [0.15, 0.2) is 12.2 Å². The van der Waals surface area contributed by atoms with Crippen molar-refractivity contribution in [2.45, 2.75) is 402 Å². The topological polar surface area (TPSA) is 228 Å². The van der Waals surface area contributed by atoms with E-state index in [1.165, 1.54) is 250 Å². The second-order valence-corrected chi connectivity index (χ2v) is 25.4. The van der Waals surface area contributed by atoms with Gasteiger partial charge in [-0.15, -0.1) is 0 Å². The zero-order valence-electron chi connectivity index (χ0n) is 53.5. The molecule has 0 bridgehead atoms. The highest BCUT2D eigenvalue weighted by Crippen LogP contribution is 2.30. The quantitative estimate of drug-likeness (QED) is 0.0204. The Hall–Kier alpha value is -1.27. The Morgan fingerprint density at radius 2 is 0.759 bits per heavy atom. The van der Waals surface area contributed by atoms with Crippen LogP contribution in [-0.2, 0) is 23.7 Å². The lowest BCUT2D eigenvalue weighted by Gasteiger charge is -2.46. The summed E-state index contributed by atoms with van der Waals surface area (Å²) >= 11 is 0. The Labute approximate surface area is 507 Å². The lowest BCUT2D eigenvalue weighted by atomic mass is 9.97. The average molecular weight is 1180 g/mol. The number of hydrogen-bond acceptors (Lipinski definition) is 13. The van der Waals surface area contributed by atoms with Crippen LogP contribution in [0.1, 0.15) is 328 Å². The molecular formula is C69H133NO13. The van der Waals surface area contributed by atoms with E-state index in [0.29, 0.717) is 12.8 Å². The average Bonchev–Trinajstić information content (AvgIpc) is 3.59. The van der Waals surface area contributed by atoms with E-state index in [0.717, 1.165) is 51.4 Å². The SMILES string of the molecule is CCCCCCCCCC/C=C\CCCCCCCCCCCC(=O)NC(COC1OC(CO)C(OC2OC(CO)C(O)C(O)C2O)C(O)C1O)C(O)CCCCCCCCCCCCCCCCCCCCCCCCCCCCCC. The summed E-state index contributed by atoms with van der Waals surface area (Å²) in [6.07, 6.45) is 49.4. The molecule has 2 aliphatic rings. The van der Waals surface area contributed by atoms with Crippen molar-refractivity contribution in [2.24, 2.45) is 0 Å². The van der Waals surface area contributed by atoms with Crippen LogP contribution in [0.4, 0.5) is 0 Å². The fourth-order valence-electron chi connectivity index (χ4n) is 12.1. The number of aliphatic hydroxyl groups is 8. The summed E-state index contributed by atoms with van der Waals surface area (Å²) in [4.78, 5) is 13.3. The largest absolute Gasteiger partial charge is 0.394 e. The van der Waals surface area contributed by atoms with Gasteiger partial charge < -0.3 is 65.1 Å². The van der Waals surface area contributed by atoms with Crippen molar-refractivity contribution in [1.29, 1.82) is 0 Å². The molecule has 83 heavy (non-hydrogen) atoms. The number of aliphatic hydroxyl groups excluding tert-OH is 8. The van der Waals surface area contributed by atoms with Crippen molar-refractivity contribution in [3.8, 4) is 0 Å². The van der Waals surface area contributed by atoms with Gasteiger partial charge in [-0.25, -0.2) is 0 Å². The summed E-state index contributed by atoms with van der Waals surface area (Å²) in [6, 6.07) is -0.828. The van der Waals surface area contributed by atoms with Crippen molar-refractivity contribution < 1.29 is 64.6 Å². The monoisotopic (exact) mass is 1180 g/mol. The molecule has 0 aromatic carbocycles. The molecule has 0 aromatic heterocycles. The van der Waals surface area contributed by atoms with Crippen LogP contribution >= 0.6 is 0 Å². The Morgan fingerprint density at radius 3 is 1.14 bits per heavy atom. The third-order valence-electron chi connectivity index (χ3n) is 17.7. The van der Waals surface area contributed by atoms with Gasteiger partial charge in [0.1, 0.15) is 48.8 Å². The summed E-state index contributed by atoms with van der Waals surface area (Å²) in [6.45, 7) is 2.92. The molecule has 0 aliphatic carbocycles. The third-order valence-corrected chi connectivity index (χ3v) is 17.7. The molecule has 12 atom stereocenters. The number of allylic oxidation sites excluding steroid dienone is 2. The van der Waals surface area contributed by atoms with Gasteiger partial charge in [0.15, 0.2) is 12.6 Å². The normalized spacial score (nSPS) is 23.8. The molecule has 12 unspecified atom stereocenters. The van der Waals surface area contributed by atoms with Gasteiger partial charge in [-0.05, 0) is 38.5 Å². The number of carbonyl (C=O) groups is 1. The second kappa shape index (κ2) is 54.8. The lowest BCUT2D eigenvalue weighted by molar-refractivity contribution is -0.359. The molecule has 492 valence electrons. The first-order chi connectivity index (χ1) is 40.6. The molecule has 2 heterocycles. The highest BCUT2D eigenvalue weighted by Gasteiger charge is 2.51. The van der Waals surface area contributed by atoms with Crippen molar-refractivity contribution in [1.82, 2.24) is 5.32 Å². The van der Waals surface area contributed by atoms with E-state index in [1.807, 2.05) is 0 Å². The molecule has 14 nitrogen and oxygen atoms in total.